The molecule has 2 heterocycles. The second kappa shape index (κ2) is 6.44. The molecule has 0 aliphatic heterocycles. The van der Waals surface area contributed by atoms with Crippen LogP contribution in [0.3, 0.4) is 0 Å². The molecule has 0 bridgehead atoms. The number of benzene rings is 1. The van der Waals surface area contributed by atoms with Crippen molar-refractivity contribution >= 4 is 11.6 Å². The van der Waals surface area contributed by atoms with Crippen LogP contribution in [0.5, 0.6) is 0 Å². The molecule has 3 rings (SSSR count). The topological polar surface area (TPSA) is 59.8 Å². The van der Waals surface area contributed by atoms with E-state index in [-0.39, 0.29) is 5.91 Å². The van der Waals surface area contributed by atoms with Crippen molar-refractivity contribution in [1.82, 2.24) is 14.8 Å². The van der Waals surface area contributed by atoms with E-state index in [2.05, 4.69) is 15.4 Å². The van der Waals surface area contributed by atoms with Gasteiger partial charge < -0.3 is 5.32 Å². The van der Waals surface area contributed by atoms with E-state index >= 15 is 0 Å². The van der Waals surface area contributed by atoms with Gasteiger partial charge in [-0.1, -0.05) is 30.7 Å². The molecule has 5 heteroatoms. The van der Waals surface area contributed by atoms with Crippen LogP contribution in [-0.2, 0) is 6.42 Å². The number of aryl methyl sites for hydroxylation is 1. The molecule has 3 aromatic rings. The number of nitrogens with zero attached hydrogens (tertiary/aromatic N) is 3. The van der Waals surface area contributed by atoms with Crippen molar-refractivity contribution in [1.29, 1.82) is 0 Å². The molecule has 0 aliphatic rings. The molecule has 0 saturated heterocycles. The number of carbonyl (C=O) groups excluding carboxylic acids is 1. The fourth-order valence-electron chi connectivity index (χ4n) is 2.42. The summed E-state index contributed by atoms with van der Waals surface area (Å²) in [5.74, 6) is 0.548. The number of hydrogen-bond acceptors (Lipinski definition) is 3. The average Bonchev–Trinajstić information content (AvgIpc) is 3.02. The maximum absolute atomic E-state index is 12.5. The number of anilines is 1. The van der Waals surface area contributed by atoms with Gasteiger partial charge in [0.2, 0.25) is 0 Å². The largest absolute Gasteiger partial charge is 0.322 e. The van der Waals surface area contributed by atoms with E-state index in [1.165, 1.54) is 0 Å². The molecule has 1 N–H and O–H groups in total. The number of rotatable bonds is 4. The second-order valence-electron chi connectivity index (χ2n) is 5.28. The van der Waals surface area contributed by atoms with Gasteiger partial charge >= 0.3 is 0 Å². The Morgan fingerprint density at radius 2 is 1.96 bits per heavy atom. The summed E-state index contributed by atoms with van der Waals surface area (Å²) in [6.07, 6.45) is 3.99. The predicted octanol–water partition coefficient (Wildman–Crippen LogP) is 3.39. The Kier molecular flexibility index (Phi) is 4.19. The monoisotopic (exact) mass is 306 g/mol. The maximum Gasteiger partial charge on any atom is 0.259 e. The molecule has 0 unspecified atom stereocenters. The van der Waals surface area contributed by atoms with Gasteiger partial charge in [-0.15, -0.1) is 0 Å². The fourth-order valence-corrected chi connectivity index (χ4v) is 2.42. The molecule has 1 amide bonds. The highest BCUT2D eigenvalue weighted by molar-refractivity contribution is 6.05. The standard InChI is InChI=1S/C18H18N4O/c1-3-16-15(12-20-22(16)17-6-4-5-11-19-17)18(23)21-14-9-7-13(2)8-10-14/h4-12H,3H2,1-2H3,(H,21,23). The van der Waals surface area contributed by atoms with Gasteiger partial charge in [-0.3, -0.25) is 4.79 Å². The first-order valence-corrected chi connectivity index (χ1v) is 7.55. The van der Waals surface area contributed by atoms with Crippen LogP contribution in [0.25, 0.3) is 5.82 Å². The average molecular weight is 306 g/mol. The van der Waals surface area contributed by atoms with Crippen molar-refractivity contribution in [2.75, 3.05) is 5.32 Å². The van der Waals surface area contributed by atoms with Crippen LogP contribution >= 0.6 is 0 Å². The van der Waals surface area contributed by atoms with Crippen molar-refractivity contribution in [2.45, 2.75) is 20.3 Å². The number of hydrogen-bond donors (Lipinski definition) is 1. The summed E-state index contributed by atoms with van der Waals surface area (Å²) in [5.41, 5.74) is 3.33. The summed E-state index contributed by atoms with van der Waals surface area (Å²) in [4.78, 5) is 16.8. The van der Waals surface area contributed by atoms with Gasteiger partial charge in [0.25, 0.3) is 5.91 Å². The number of carbonyl (C=O) groups is 1. The van der Waals surface area contributed by atoms with Crippen LogP contribution in [0.4, 0.5) is 5.69 Å². The molecular formula is C18H18N4O. The second-order valence-corrected chi connectivity index (χ2v) is 5.28. The summed E-state index contributed by atoms with van der Waals surface area (Å²) < 4.78 is 1.71. The molecule has 5 nitrogen and oxygen atoms in total. The molecule has 0 saturated carbocycles. The summed E-state index contributed by atoms with van der Waals surface area (Å²) in [5, 5.41) is 7.24. The maximum atomic E-state index is 12.5. The van der Waals surface area contributed by atoms with E-state index in [4.69, 9.17) is 0 Å². The Bertz CT molecular complexity index is 807. The molecule has 0 spiro atoms. The van der Waals surface area contributed by atoms with Crippen molar-refractivity contribution in [2.24, 2.45) is 0 Å². The first-order chi connectivity index (χ1) is 11.2. The van der Waals surface area contributed by atoms with E-state index in [0.29, 0.717) is 17.8 Å². The summed E-state index contributed by atoms with van der Waals surface area (Å²) >= 11 is 0. The minimum Gasteiger partial charge on any atom is -0.322 e. The first-order valence-electron chi connectivity index (χ1n) is 7.55. The molecular weight excluding hydrogens is 288 g/mol. The highest BCUT2D eigenvalue weighted by Gasteiger charge is 2.17. The number of nitrogens with one attached hydrogen (secondary N) is 1. The highest BCUT2D eigenvalue weighted by Crippen LogP contribution is 2.16. The third-order valence-corrected chi connectivity index (χ3v) is 3.62. The minimum atomic E-state index is -0.159. The van der Waals surface area contributed by atoms with E-state index in [1.807, 2.05) is 56.3 Å². The van der Waals surface area contributed by atoms with Gasteiger partial charge in [-0.05, 0) is 37.6 Å². The van der Waals surface area contributed by atoms with Gasteiger partial charge in [-0.2, -0.15) is 5.10 Å². The molecule has 0 radical (unpaired) electrons. The normalized spacial score (nSPS) is 10.5. The van der Waals surface area contributed by atoms with Crippen molar-refractivity contribution < 1.29 is 4.79 Å². The number of aromatic nitrogens is 3. The van der Waals surface area contributed by atoms with E-state index in [9.17, 15) is 4.79 Å². The molecule has 116 valence electrons. The Labute approximate surface area is 135 Å². The van der Waals surface area contributed by atoms with E-state index in [0.717, 1.165) is 16.9 Å². The lowest BCUT2D eigenvalue weighted by molar-refractivity contribution is 0.102. The fraction of sp³-hybridized carbons (Fsp3) is 0.167. The molecule has 2 aromatic heterocycles. The SMILES string of the molecule is CCc1c(C(=O)Nc2ccc(C)cc2)cnn1-c1ccccn1. The zero-order chi connectivity index (χ0) is 16.2. The smallest absolute Gasteiger partial charge is 0.259 e. The Hall–Kier alpha value is -2.95. The van der Waals surface area contributed by atoms with Crippen LogP contribution in [0.15, 0.2) is 54.9 Å². The molecule has 1 aromatic carbocycles. The molecule has 0 atom stereocenters. The van der Waals surface area contributed by atoms with Crippen LogP contribution in [0, 0.1) is 6.92 Å². The van der Waals surface area contributed by atoms with E-state index in [1.54, 1.807) is 17.1 Å². The minimum absolute atomic E-state index is 0.159. The van der Waals surface area contributed by atoms with Crippen molar-refractivity contribution in [3.63, 3.8) is 0 Å². The zero-order valence-electron chi connectivity index (χ0n) is 13.2. The Morgan fingerprint density at radius 3 is 2.61 bits per heavy atom. The van der Waals surface area contributed by atoms with Crippen molar-refractivity contribution in [3.8, 4) is 5.82 Å². The Balaban J connectivity index is 1.89. The zero-order valence-corrected chi connectivity index (χ0v) is 13.2. The van der Waals surface area contributed by atoms with Crippen LogP contribution in [0.1, 0.15) is 28.5 Å². The van der Waals surface area contributed by atoms with Crippen LogP contribution in [0.2, 0.25) is 0 Å². The third-order valence-electron chi connectivity index (χ3n) is 3.62. The predicted molar refractivity (Wildman–Crippen MR) is 89.9 cm³/mol. The molecule has 0 aliphatic carbocycles. The van der Waals surface area contributed by atoms with Crippen LogP contribution in [-0.4, -0.2) is 20.7 Å². The lowest BCUT2D eigenvalue weighted by Crippen LogP contribution is -2.14. The summed E-state index contributed by atoms with van der Waals surface area (Å²) in [6, 6.07) is 13.3. The van der Waals surface area contributed by atoms with Gasteiger partial charge in [0.15, 0.2) is 5.82 Å². The first kappa shape index (κ1) is 15.0. The Morgan fingerprint density at radius 1 is 1.17 bits per heavy atom. The summed E-state index contributed by atoms with van der Waals surface area (Å²) in [7, 11) is 0. The van der Waals surface area contributed by atoms with Gasteiger partial charge in [0.05, 0.1) is 17.5 Å². The van der Waals surface area contributed by atoms with Crippen LogP contribution < -0.4 is 5.32 Å². The summed E-state index contributed by atoms with van der Waals surface area (Å²) in [6.45, 7) is 4.01. The lowest BCUT2D eigenvalue weighted by atomic mass is 10.1. The number of pyridine rings is 1. The number of amides is 1. The highest BCUT2D eigenvalue weighted by atomic mass is 16.1. The van der Waals surface area contributed by atoms with Gasteiger partial charge in [0, 0.05) is 11.9 Å². The molecule has 23 heavy (non-hydrogen) atoms. The molecule has 0 fully saturated rings. The van der Waals surface area contributed by atoms with Gasteiger partial charge in [0.1, 0.15) is 0 Å². The van der Waals surface area contributed by atoms with E-state index < -0.39 is 0 Å². The lowest BCUT2D eigenvalue weighted by Gasteiger charge is -2.08. The third kappa shape index (κ3) is 3.13. The van der Waals surface area contributed by atoms with Crippen molar-refractivity contribution in [3.05, 3.63) is 71.7 Å². The van der Waals surface area contributed by atoms with Gasteiger partial charge in [-0.25, -0.2) is 9.67 Å². The quantitative estimate of drug-likeness (QED) is 0.803.